The summed E-state index contributed by atoms with van der Waals surface area (Å²) in [4.78, 5) is 17.6. The number of hydrogen-bond acceptors (Lipinski definition) is 3. The molecule has 3 N–H and O–H groups in total. The minimum Gasteiger partial charge on any atom is -0.508 e. The Kier molecular flexibility index (Phi) is 2.66. The van der Waals surface area contributed by atoms with Gasteiger partial charge in [0.1, 0.15) is 11.4 Å². The van der Waals surface area contributed by atoms with Crippen LogP contribution in [-0.4, -0.2) is 26.2 Å². The Balaban J connectivity index is 2.55. The number of H-pyrrole nitrogens is 1. The molecule has 2 aromatic rings. The van der Waals surface area contributed by atoms with Crippen LogP contribution in [0.5, 0.6) is 5.75 Å². The smallest absolute Gasteiger partial charge is 0.354 e. The molecule has 0 aliphatic carbocycles. The van der Waals surface area contributed by atoms with E-state index in [1.54, 1.807) is 12.1 Å². The summed E-state index contributed by atoms with van der Waals surface area (Å²) in [5.41, 5.74) is 0.967. The zero-order valence-electron chi connectivity index (χ0n) is 7.94. The average molecular weight is 283 g/mol. The van der Waals surface area contributed by atoms with Crippen LogP contribution in [0.3, 0.4) is 0 Å². The molecule has 0 atom stereocenters. The van der Waals surface area contributed by atoms with Crippen LogP contribution in [0.25, 0.3) is 11.3 Å². The quantitative estimate of drug-likeness (QED) is 0.789. The normalized spacial score (nSPS) is 10.3. The van der Waals surface area contributed by atoms with E-state index in [4.69, 9.17) is 10.2 Å². The first-order valence-corrected chi connectivity index (χ1v) is 5.15. The molecule has 0 aliphatic rings. The lowest BCUT2D eigenvalue weighted by molar-refractivity contribution is 0.0692. The van der Waals surface area contributed by atoms with Gasteiger partial charge in [0.25, 0.3) is 0 Å². The van der Waals surface area contributed by atoms with Crippen LogP contribution in [0.4, 0.5) is 0 Å². The molecule has 0 spiro atoms. The van der Waals surface area contributed by atoms with Gasteiger partial charge in [-0.15, -0.1) is 0 Å². The molecule has 0 unspecified atom stereocenters. The molecule has 6 heteroatoms. The Morgan fingerprint density at radius 3 is 2.50 bits per heavy atom. The van der Waals surface area contributed by atoms with E-state index in [1.165, 1.54) is 12.1 Å². The van der Waals surface area contributed by atoms with Crippen molar-refractivity contribution in [3.8, 4) is 17.0 Å². The van der Waals surface area contributed by atoms with E-state index in [0.717, 1.165) is 0 Å². The van der Waals surface area contributed by atoms with Crippen molar-refractivity contribution in [2.75, 3.05) is 0 Å². The second-order valence-corrected chi connectivity index (χ2v) is 3.85. The number of carboxylic acids is 1. The van der Waals surface area contributed by atoms with E-state index in [1.807, 2.05) is 0 Å². The molecule has 0 saturated carbocycles. The van der Waals surface area contributed by atoms with E-state index < -0.39 is 5.97 Å². The molecule has 0 amide bonds. The maximum absolute atomic E-state index is 10.9. The second-order valence-electron chi connectivity index (χ2n) is 3.10. The maximum atomic E-state index is 10.9. The number of carbonyl (C=O) groups is 1. The highest BCUT2D eigenvalue weighted by Crippen LogP contribution is 2.25. The van der Waals surface area contributed by atoms with Crippen molar-refractivity contribution in [1.29, 1.82) is 0 Å². The number of halogens is 1. The van der Waals surface area contributed by atoms with Crippen LogP contribution < -0.4 is 0 Å². The molecule has 0 radical (unpaired) electrons. The number of phenolic OH excluding ortho intramolecular Hbond substituents is 1. The van der Waals surface area contributed by atoms with Gasteiger partial charge in [-0.05, 0) is 40.2 Å². The predicted octanol–water partition coefficient (Wildman–Crippen LogP) is 2.24. The van der Waals surface area contributed by atoms with Gasteiger partial charge in [0.05, 0.1) is 0 Å². The molecular weight excluding hydrogens is 276 g/mol. The third kappa shape index (κ3) is 1.92. The van der Waals surface area contributed by atoms with Crippen molar-refractivity contribution in [2.24, 2.45) is 0 Å². The van der Waals surface area contributed by atoms with Crippen LogP contribution >= 0.6 is 15.9 Å². The van der Waals surface area contributed by atoms with Crippen molar-refractivity contribution in [3.05, 3.63) is 34.7 Å². The lowest BCUT2D eigenvalue weighted by Crippen LogP contribution is -1.98. The standard InChI is InChI=1S/C10H7BrN2O3/c11-10-12-7(8(13-10)9(15)16)5-1-3-6(14)4-2-5/h1-4,14H,(H,12,13)(H,15,16). The Morgan fingerprint density at radius 2 is 1.94 bits per heavy atom. The van der Waals surface area contributed by atoms with Crippen molar-refractivity contribution >= 4 is 21.9 Å². The van der Waals surface area contributed by atoms with Crippen LogP contribution in [0.2, 0.25) is 0 Å². The van der Waals surface area contributed by atoms with Crippen LogP contribution in [0.1, 0.15) is 10.5 Å². The summed E-state index contributed by atoms with van der Waals surface area (Å²) >= 11 is 3.08. The van der Waals surface area contributed by atoms with Gasteiger partial charge >= 0.3 is 5.97 Å². The van der Waals surface area contributed by atoms with E-state index in [9.17, 15) is 4.79 Å². The Bertz CT molecular complexity index is 533. The molecule has 0 fully saturated rings. The van der Waals surface area contributed by atoms with Crippen molar-refractivity contribution in [1.82, 2.24) is 9.97 Å². The van der Waals surface area contributed by atoms with Gasteiger partial charge in [-0.3, -0.25) is 0 Å². The molecule has 1 heterocycles. The van der Waals surface area contributed by atoms with Gasteiger partial charge in [-0.1, -0.05) is 0 Å². The third-order valence-electron chi connectivity index (χ3n) is 2.03. The first-order chi connectivity index (χ1) is 7.58. The molecular formula is C10H7BrN2O3. The SMILES string of the molecule is O=C(O)c1[nH]c(Br)nc1-c1ccc(O)cc1. The van der Waals surface area contributed by atoms with Crippen molar-refractivity contribution in [3.63, 3.8) is 0 Å². The monoisotopic (exact) mass is 282 g/mol. The van der Waals surface area contributed by atoms with E-state index >= 15 is 0 Å². The molecule has 0 bridgehead atoms. The summed E-state index contributed by atoms with van der Waals surface area (Å²) in [6.07, 6.45) is 0. The summed E-state index contributed by atoms with van der Waals surface area (Å²) in [6, 6.07) is 6.15. The highest BCUT2D eigenvalue weighted by Gasteiger charge is 2.16. The van der Waals surface area contributed by atoms with Gasteiger partial charge in [0, 0.05) is 5.56 Å². The molecule has 16 heavy (non-hydrogen) atoms. The number of hydrogen-bond donors (Lipinski definition) is 3. The minimum atomic E-state index is -1.08. The largest absolute Gasteiger partial charge is 0.508 e. The number of aromatic nitrogens is 2. The summed E-state index contributed by atoms with van der Waals surface area (Å²) in [7, 11) is 0. The molecule has 0 saturated heterocycles. The van der Waals surface area contributed by atoms with Gasteiger partial charge in [0.2, 0.25) is 0 Å². The van der Waals surface area contributed by atoms with Gasteiger partial charge in [-0.2, -0.15) is 0 Å². The van der Waals surface area contributed by atoms with Crippen molar-refractivity contribution in [2.45, 2.75) is 0 Å². The molecule has 5 nitrogen and oxygen atoms in total. The fourth-order valence-corrected chi connectivity index (χ4v) is 1.70. The van der Waals surface area contributed by atoms with Crippen LogP contribution in [-0.2, 0) is 0 Å². The molecule has 1 aromatic carbocycles. The summed E-state index contributed by atoms with van der Waals surface area (Å²) in [6.45, 7) is 0. The van der Waals surface area contributed by atoms with Gasteiger partial charge < -0.3 is 15.2 Å². The number of aromatic amines is 1. The fourth-order valence-electron chi connectivity index (χ4n) is 1.33. The zero-order valence-corrected chi connectivity index (χ0v) is 9.52. The second kappa shape index (κ2) is 3.97. The topological polar surface area (TPSA) is 86.2 Å². The van der Waals surface area contributed by atoms with Gasteiger partial charge in [0.15, 0.2) is 10.4 Å². The molecule has 2 rings (SSSR count). The number of nitrogens with one attached hydrogen (secondary N) is 1. The Morgan fingerprint density at radius 1 is 1.31 bits per heavy atom. The number of aromatic hydroxyl groups is 1. The number of imidazole rings is 1. The average Bonchev–Trinajstić information content (AvgIpc) is 2.61. The lowest BCUT2D eigenvalue weighted by atomic mass is 10.1. The molecule has 1 aromatic heterocycles. The number of aromatic carboxylic acids is 1. The summed E-state index contributed by atoms with van der Waals surface area (Å²) in [5.74, 6) is -0.962. The number of nitrogens with zero attached hydrogens (tertiary/aromatic N) is 1. The maximum Gasteiger partial charge on any atom is 0.354 e. The van der Waals surface area contributed by atoms with Crippen LogP contribution in [0.15, 0.2) is 29.0 Å². The predicted molar refractivity (Wildman–Crippen MR) is 60.3 cm³/mol. The van der Waals surface area contributed by atoms with E-state index in [0.29, 0.717) is 16.0 Å². The van der Waals surface area contributed by atoms with E-state index in [-0.39, 0.29) is 11.4 Å². The summed E-state index contributed by atoms with van der Waals surface area (Å²) in [5, 5.41) is 18.1. The zero-order chi connectivity index (χ0) is 11.7. The van der Waals surface area contributed by atoms with Crippen molar-refractivity contribution < 1.29 is 15.0 Å². The first-order valence-electron chi connectivity index (χ1n) is 4.36. The number of benzene rings is 1. The molecule has 82 valence electrons. The lowest BCUT2D eigenvalue weighted by Gasteiger charge is -1.98. The highest BCUT2D eigenvalue weighted by molar-refractivity contribution is 9.10. The summed E-state index contributed by atoms with van der Waals surface area (Å²) < 4.78 is 0.355. The number of rotatable bonds is 2. The van der Waals surface area contributed by atoms with Crippen LogP contribution in [0, 0.1) is 0 Å². The number of phenols is 1. The fraction of sp³-hybridized carbons (Fsp3) is 0. The highest BCUT2D eigenvalue weighted by atomic mass is 79.9. The first kappa shape index (κ1) is 10.7. The van der Waals surface area contributed by atoms with E-state index in [2.05, 4.69) is 25.9 Å². The Labute approximate surface area is 98.9 Å². The molecule has 0 aliphatic heterocycles. The third-order valence-corrected chi connectivity index (χ3v) is 2.41. The minimum absolute atomic E-state index is 0.0116. The van der Waals surface area contributed by atoms with Gasteiger partial charge in [-0.25, -0.2) is 9.78 Å². The number of carboxylic acid groups (broad SMARTS) is 1. The Hall–Kier alpha value is -1.82.